The van der Waals surface area contributed by atoms with Gasteiger partial charge in [0, 0.05) is 6.42 Å². The lowest BCUT2D eigenvalue weighted by molar-refractivity contribution is -0.126. The molecule has 20 heavy (non-hydrogen) atoms. The van der Waals surface area contributed by atoms with Gasteiger partial charge >= 0.3 is 0 Å². The number of rotatable bonds is 5. The smallest absolute Gasteiger partial charge is 0.170 e. The molecule has 1 atom stereocenters. The number of ether oxygens (including phenoxy) is 1. The summed E-state index contributed by atoms with van der Waals surface area (Å²) in [6.45, 7) is 0. The number of aliphatic hydroxyl groups is 1. The van der Waals surface area contributed by atoms with Gasteiger partial charge in [-0.15, -0.1) is 0 Å². The van der Waals surface area contributed by atoms with E-state index in [4.69, 9.17) is 4.74 Å². The first kappa shape index (κ1) is 14.8. The van der Waals surface area contributed by atoms with Gasteiger partial charge in [0.2, 0.25) is 0 Å². The highest BCUT2D eigenvalue weighted by Gasteiger charge is 2.17. The average molecular weight is 335 g/mol. The highest BCUT2D eigenvalue weighted by atomic mass is 79.9. The highest BCUT2D eigenvalue weighted by molar-refractivity contribution is 9.10. The van der Waals surface area contributed by atoms with E-state index in [1.165, 1.54) is 0 Å². The van der Waals surface area contributed by atoms with Gasteiger partial charge in [-0.25, -0.2) is 0 Å². The Bertz CT molecular complexity index is 596. The van der Waals surface area contributed by atoms with E-state index in [1.54, 1.807) is 37.4 Å². The van der Waals surface area contributed by atoms with Crippen LogP contribution in [-0.4, -0.2) is 18.0 Å². The summed E-state index contributed by atoms with van der Waals surface area (Å²) >= 11 is 3.38. The topological polar surface area (TPSA) is 46.5 Å². The van der Waals surface area contributed by atoms with Crippen LogP contribution in [0.15, 0.2) is 53.0 Å². The van der Waals surface area contributed by atoms with E-state index in [0.29, 0.717) is 11.3 Å². The predicted octanol–water partition coefficient (Wildman–Crippen LogP) is 3.30. The molecule has 0 aliphatic rings. The fourth-order valence-electron chi connectivity index (χ4n) is 1.94. The molecule has 0 heterocycles. The Balaban J connectivity index is 2.10. The molecule has 2 aromatic carbocycles. The van der Waals surface area contributed by atoms with Gasteiger partial charge in [0.15, 0.2) is 5.78 Å². The minimum Gasteiger partial charge on any atom is -0.496 e. The van der Waals surface area contributed by atoms with Crippen molar-refractivity contribution in [3.8, 4) is 5.75 Å². The van der Waals surface area contributed by atoms with E-state index in [2.05, 4.69) is 15.9 Å². The quantitative estimate of drug-likeness (QED) is 0.912. The summed E-state index contributed by atoms with van der Waals surface area (Å²) in [5.74, 6) is 0.484. The molecule has 0 saturated heterocycles. The molecule has 0 aromatic heterocycles. The molecule has 0 aliphatic carbocycles. The maximum Gasteiger partial charge on any atom is 0.170 e. The number of aliphatic hydroxyl groups excluding tert-OH is 1. The van der Waals surface area contributed by atoms with Crippen LogP contribution in [0.4, 0.5) is 0 Å². The number of carbonyl (C=O) groups is 1. The Labute approximate surface area is 126 Å². The molecular weight excluding hydrogens is 320 g/mol. The summed E-state index contributed by atoms with van der Waals surface area (Å²) in [4.78, 5) is 12.1. The van der Waals surface area contributed by atoms with E-state index in [1.807, 2.05) is 18.2 Å². The number of methoxy groups -OCH3 is 1. The molecule has 2 aromatic rings. The summed E-state index contributed by atoms with van der Waals surface area (Å²) < 4.78 is 5.93. The fraction of sp³-hybridized carbons (Fsp3) is 0.188. The number of Topliss-reactive ketones (excluding diaryl/α,β-unsaturated/α-hetero) is 1. The van der Waals surface area contributed by atoms with Crippen LogP contribution in [0.2, 0.25) is 0 Å². The number of ketones is 1. The normalized spacial score (nSPS) is 11.9. The lowest BCUT2D eigenvalue weighted by atomic mass is 10.00. The maximum absolute atomic E-state index is 12.1. The predicted molar refractivity (Wildman–Crippen MR) is 80.8 cm³/mol. The second-order valence-electron chi connectivity index (χ2n) is 4.43. The molecule has 0 amide bonds. The number of hydrogen-bond acceptors (Lipinski definition) is 3. The number of halogens is 1. The largest absolute Gasteiger partial charge is 0.496 e. The molecular formula is C16H15BrO3. The van der Waals surface area contributed by atoms with E-state index in [-0.39, 0.29) is 12.2 Å². The van der Waals surface area contributed by atoms with Gasteiger partial charge in [0.05, 0.1) is 11.6 Å². The average Bonchev–Trinajstić information content (AvgIpc) is 2.47. The van der Waals surface area contributed by atoms with Gasteiger partial charge in [0.1, 0.15) is 11.9 Å². The first-order valence-corrected chi connectivity index (χ1v) is 6.99. The zero-order chi connectivity index (χ0) is 14.5. The maximum atomic E-state index is 12.1. The molecule has 3 nitrogen and oxygen atoms in total. The number of hydrogen-bond donors (Lipinski definition) is 1. The van der Waals surface area contributed by atoms with Crippen molar-refractivity contribution in [1.29, 1.82) is 0 Å². The summed E-state index contributed by atoms with van der Waals surface area (Å²) in [5, 5.41) is 10.0. The Morgan fingerprint density at radius 2 is 1.95 bits per heavy atom. The van der Waals surface area contributed by atoms with Gasteiger partial charge in [-0.2, -0.15) is 0 Å². The van der Waals surface area contributed by atoms with Crippen molar-refractivity contribution in [2.45, 2.75) is 12.5 Å². The number of carbonyl (C=O) groups excluding carboxylic acids is 1. The summed E-state index contributed by atoms with van der Waals surface area (Å²) in [6.07, 6.45) is -0.907. The molecule has 2 rings (SSSR count). The van der Waals surface area contributed by atoms with Gasteiger partial charge in [-0.3, -0.25) is 4.79 Å². The van der Waals surface area contributed by atoms with Crippen LogP contribution >= 0.6 is 15.9 Å². The van der Waals surface area contributed by atoms with Gasteiger partial charge in [0.25, 0.3) is 0 Å². The SMILES string of the molecule is COc1ccc(CC(=O)C(O)c2ccccc2)cc1Br. The zero-order valence-electron chi connectivity index (χ0n) is 11.0. The number of benzene rings is 2. The zero-order valence-corrected chi connectivity index (χ0v) is 12.6. The van der Waals surface area contributed by atoms with Crippen LogP contribution in [0.25, 0.3) is 0 Å². The van der Waals surface area contributed by atoms with Crippen molar-refractivity contribution in [2.75, 3.05) is 7.11 Å². The van der Waals surface area contributed by atoms with Crippen molar-refractivity contribution in [3.05, 3.63) is 64.1 Å². The van der Waals surface area contributed by atoms with Gasteiger partial charge in [-0.05, 0) is 39.2 Å². The van der Waals surface area contributed by atoms with E-state index in [0.717, 1.165) is 10.0 Å². The Morgan fingerprint density at radius 1 is 1.25 bits per heavy atom. The van der Waals surface area contributed by atoms with Crippen LogP contribution in [0.5, 0.6) is 5.75 Å². The van der Waals surface area contributed by atoms with Crippen LogP contribution in [0, 0.1) is 0 Å². The van der Waals surface area contributed by atoms with E-state index >= 15 is 0 Å². The highest BCUT2D eigenvalue weighted by Crippen LogP contribution is 2.26. The summed E-state index contributed by atoms with van der Waals surface area (Å²) in [5.41, 5.74) is 1.45. The van der Waals surface area contributed by atoms with Crippen LogP contribution in [0.1, 0.15) is 17.2 Å². The fourth-order valence-corrected chi connectivity index (χ4v) is 2.53. The molecule has 1 unspecified atom stereocenters. The minimum absolute atomic E-state index is 0.179. The third-order valence-electron chi connectivity index (χ3n) is 3.01. The van der Waals surface area contributed by atoms with Crippen LogP contribution in [0.3, 0.4) is 0 Å². The lowest BCUT2D eigenvalue weighted by Crippen LogP contribution is -2.14. The second kappa shape index (κ2) is 6.68. The molecule has 0 fully saturated rings. The Hall–Kier alpha value is -1.65. The Kier molecular flexibility index (Phi) is 4.93. The first-order chi connectivity index (χ1) is 9.61. The molecule has 0 radical (unpaired) electrons. The monoisotopic (exact) mass is 334 g/mol. The van der Waals surface area contributed by atoms with Gasteiger partial charge < -0.3 is 9.84 Å². The molecule has 0 bridgehead atoms. The van der Waals surface area contributed by atoms with Crippen molar-refractivity contribution >= 4 is 21.7 Å². The van der Waals surface area contributed by atoms with Gasteiger partial charge in [-0.1, -0.05) is 36.4 Å². The van der Waals surface area contributed by atoms with Crippen molar-refractivity contribution < 1.29 is 14.6 Å². The third kappa shape index (κ3) is 3.46. The van der Waals surface area contributed by atoms with Crippen LogP contribution < -0.4 is 4.74 Å². The standard InChI is InChI=1S/C16H15BrO3/c1-20-15-8-7-11(9-13(15)17)10-14(18)16(19)12-5-3-2-4-6-12/h2-9,16,19H,10H2,1H3. The molecule has 0 spiro atoms. The van der Waals surface area contributed by atoms with E-state index < -0.39 is 6.10 Å². The first-order valence-electron chi connectivity index (χ1n) is 6.20. The molecule has 0 aliphatic heterocycles. The Morgan fingerprint density at radius 3 is 2.55 bits per heavy atom. The third-order valence-corrected chi connectivity index (χ3v) is 3.63. The summed E-state index contributed by atoms with van der Waals surface area (Å²) in [6, 6.07) is 14.4. The molecule has 4 heteroatoms. The van der Waals surface area contributed by atoms with Crippen molar-refractivity contribution in [3.63, 3.8) is 0 Å². The molecule has 104 valence electrons. The minimum atomic E-state index is -1.09. The summed E-state index contributed by atoms with van der Waals surface area (Å²) in [7, 11) is 1.59. The van der Waals surface area contributed by atoms with Crippen molar-refractivity contribution in [1.82, 2.24) is 0 Å². The van der Waals surface area contributed by atoms with Crippen LogP contribution in [-0.2, 0) is 11.2 Å². The second-order valence-corrected chi connectivity index (χ2v) is 5.28. The molecule has 1 N–H and O–H groups in total. The van der Waals surface area contributed by atoms with Crippen molar-refractivity contribution in [2.24, 2.45) is 0 Å². The molecule has 0 saturated carbocycles. The van der Waals surface area contributed by atoms with E-state index in [9.17, 15) is 9.90 Å². The lowest BCUT2D eigenvalue weighted by Gasteiger charge is -2.11.